The molecule has 1 atom stereocenters. The molecule has 1 rings (SSSR count). The van der Waals surface area contributed by atoms with Crippen LogP contribution in [0.3, 0.4) is 0 Å². The lowest BCUT2D eigenvalue weighted by Gasteiger charge is -2.08. The molecule has 0 bridgehead atoms. The van der Waals surface area contributed by atoms with Gasteiger partial charge in [-0.2, -0.15) is 0 Å². The predicted molar refractivity (Wildman–Crippen MR) is 49.3 cm³/mol. The van der Waals surface area contributed by atoms with E-state index in [-0.39, 0.29) is 13.0 Å². The summed E-state index contributed by atoms with van der Waals surface area (Å²) in [6, 6.07) is 4.36. The van der Waals surface area contributed by atoms with Crippen molar-refractivity contribution < 1.29 is 15.0 Å². The Morgan fingerprint density at radius 2 is 2.29 bits per heavy atom. The first-order valence-corrected chi connectivity index (χ1v) is 4.17. The van der Waals surface area contributed by atoms with E-state index < -0.39 is 12.0 Å². The summed E-state index contributed by atoms with van der Waals surface area (Å²) in [5, 5.41) is 17.3. The van der Waals surface area contributed by atoms with Crippen LogP contribution in [0.5, 0.6) is 0 Å². The first kappa shape index (κ1) is 10.6. The lowest BCUT2D eigenvalue weighted by Crippen LogP contribution is -2.16. The highest BCUT2D eigenvalue weighted by atomic mass is 16.4. The average Bonchev–Trinajstić information content (AvgIpc) is 2.17. The third kappa shape index (κ3) is 2.79. The van der Waals surface area contributed by atoms with Gasteiger partial charge in [0.05, 0.1) is 30.5 Å². The van der Waals surface area contributed by atoms with Crippen LogP contribution in [0.25, 0.3) is 0 Å². The maximum atomic E-state index is 10.4. The Morgan fingerprint density at radius 1 is 1.57 bits per heavy atom. The highest BCUT2D eigenvalue weighted by molar-refractivity contribution is 5.67. The Kier molecular flexibility index (Phi) is 3.55. The van der Waals surface area contributed by atoms with Crippen molar-refractivity contribution in [2.75, 3.05) is 0 Å². The first-order chi connectivity index (χ1) is 6.63. The Bertz CT molecular complexity index is 328. The fourth-order valence-electron chi connectivity index (χ4n) is 1.09. The molecule has 0 fully saturated rings. The van der Waals surface area contributed by atoms with Crippen molar-refractivity contribution in [3.05, 3.63) is 29.6 Å². The molecule has 0 aliphatic heterocycles. The second-order valence-electron chi connectivity index (χ2n) is 2.92. The van der Waals surface area contributed by atoms with E-state index in [1.54, 1.807) is 18.2 Å². The van der Waals surface area contributed by atoms with E-state index >= 15 is 0 Å². The number of carboxylic acid groups (broad SMARTS) is 1. The zero-order valence-corrected chi connectivity index (χ0v) is 7.55. The van der Waals surface area contributed by atoms with Crippen molar-refractivity contribution in [1.29, 1.82) is 0 Å². The SMILES string of the molecule is N[C@@H](CC(=O)O)c1cccc(CO)n1. The standard InChI is InChI=1S/C9H12N2O3/c10-7(4-9(13)14)8-3-1-2-6(5-12)11-8/h1-3,7,12H,4-5,10H2,(H,13,14)/t7-/m0/s1. The molecule has 0 amide bonds. The molecule has 0 aliphatic rings. The van der Waals surface area contributed by atoms with Gasteiger partial charge in [-0.3, -0.25) is 9.78 Å². The number of rotatable bonds is 4. The Morgan fingerprint density at radius 3 is 2.86 bits per heavy atom. The fraction of sp³-hybridized carbons (Fsp3) is 0.333. The van der Waals surface area contributed by atoms with E-state index in [0.717, 1.165) is 0 Å². The van der Waals surface area contributed by atoms with Crippen molar-refractivity contribution in [2.24, 2.45) is 5.73 Å². The maximum absolute atomic E-state index is 10.4. The quantitative estimate of drug-likeness (QED) is 0.632. The molecule has 0 aliphatic carbocycles. The van der Waals surface area contributed by atoms with E-state index in [9.17, 15) is 4.79 Å². The molecule has 5 heteroatoms. The van der Waals surface area contributed by atoms with Gasteiger partial charge in [-0.15, -0.1) is 0 Å². The van der Waals surface area contributed by atoms with Crippen molar-refractivity contribution >= 4 is 5.97 Å². The van der Waals surface area contributed by atoms with Gasteiger partial charge in [-0.1, -0.05) is 6.07 Å². The van der Waals surface area contributed by atoms with Crippen LogP contribution in [0.4, 0.5) is 0 Å². The minimum atomic E-state index is -0.964. The van der Waals surface area contributed by atoms with Crippen LogP contribution in [0.1, 0.15) is 23.9 Å². The summed E-state index contributed by atoms with van der Waals surface area (Å²) in [4.78, 5) is 14.4. The van der Waals surface area contributed by atoms with Gasteiger partial charge in [-0.25, -0.2) is 0 Å². The van der Waals surface area contributed by atoms with E-state index in [1.165, 1.54) is 0 Å². The first-order valence-electron chi connectivity index (χ1n) is 4.17. The van der Waals surface area contributed by atoms with Gasteiger partial charge < -0.3 is 15.9 Å². The van der Waals surface area contributed by atoms with Crippen LogP contribution in [-0.2, 0) is 11.4 Å². The molecule has 14 heavy (non-hydrogen) atoms. The van der Waals surface area contributed by atoms with Crippen LogP contribution in [0.15, 0.2) is 18.2 Å². The second-order valence-corrected chi connectivity index (χ2v) is 2.92. The summed E-state index contributed by atoms with van der Waals surface area (Å²) >= 11 is 0. The van der Waals surface area contributed by atoms with Crippen LogP contribution < -0.4 is 5.73 Å². The van der Waals surface area contributed by atoms with Crippen LogP contribution in [0.2, 0.25) is 0 Å². The third-order valence-electron chi connectivity index (χ3n) is 1.76. The molecule has 0 saturated heterocycles. The zero-order valence-electron chi connectivity index (χ0n) is 7.55. The Labute approximate surface area is 81.2 Å². The van der Waals surface area contributed by atoms with E-state index in [2.05, 4.69) is 4.98 Å². The summed E-state index contributed by atoms with van der Waals surface area (Å²) in [7, 11) is 0. The lowest BCUT2D eigenvalue weighted by atomic mass is 10.1. The van der Waals surface area contributed by atoms with E-state index in [0.29, 0.717) is 11.4 Å². The van der Waals surface area contributed by atoms with Crippen LogP contribution in [-0.4, -0.2) is 21.2 Å². The lowest BCUT2D eigenvalue weighted by molar-refractivity contribution is -0.137. The molecule has 4 N–H and O–H groups in total. The minimum Gasteiger partial charge on any atom is -0.481 e. The molecule has 0 aromatic carbocycles. The van der Waals surface area contributed by atoms with Crippen molar-refractivity contribution in [3.63, 3.8) is 0 Å². The van der Waals surface area contributed by atoms with Gasteiger partial charge in [0.1, 0.15) is 0 Å². The van der Waals surface area contributed by atoms with Gasteiger partial charge in [0, 0.05) is 0 Å². The summed E-state index contributed by atoms with van der Waals surface area (Å²) < 4.78 is 0. The highest BCUT2D eigenvalue weighted by Crippen LogP contribution is 2.11. The summed E-state index contributed by atoms with van der Waals surface area (Å²) in [6.07, 6.45) is -0.165. The molecular formula is C9H12N2O3. The predicted octanol–water partition coefficient (Wildman–Crippen LogP) is 0.0484. The maximum Gasteiger partial charge on any atom is 0.305 e. The Hall–Kier alpha value is -1.46. The normalized spacial score (nSPS) is 12.4. The van der Waals surface area contributed by atoms with Gasteiger partial charge in [0.25, 0.3) is 0 Å². The second kappa shape index (κ2) is 4.69. The van der Waals surface area contributed by atoms with Crippen molar-refractivity contribution in [1.82, 2.24) is 4.98 Å². The number of aliphatic hydroxyl groups excluding tert-OH is 1. The molecule has 0 saturated carbocycles. The van der Waals surface area contributed by atoms with Crippen molar-refractivity contribution in [3.8, 4) is 0 Å². The fourth-order valence-corrected chi connectivity index (χ4v) is 1.09. The molecular weight excluding hydrogens is 184 g/mol. The van der Waals surface area contributed by atoms with Crippen molar-refractivity contribution in [2.45, 2.75) is 19.1 Å². The van der Waals surface area contributed by atoms with Gasteiger partial charge >= 0.3 is 5.97 Å². The number of nitrogens with two attached hydrogens (primary N) is 1. The number of hydrogen-bond acceptors (Lipinski definition) is 4. The van der Waals surface area contributed by atoms with E-state index in [1.807, 2.05) is 0 Å². The number of aliphatic hydroxyl groups is 1. The number of aliphatic carboxylic acids is 1. The average molecular weight is 196 g/mol. The molecule has 76 valence electrons. The van der Waals surface area contributed by atoms with Gasteiger partial charge in [0.15, 0.2) is 0 Å². The topological polar surface area (TPSA) is 96.4 Å². The smallest absolute Gasteiger partial charge is 0.305 e. The highest BCUT2D eigenvalue weighted by Gasteiger charge is 2.11. The number of carboxylic acids is 1. The van der Waals surface area contributed by atoms with Gasteiger partial charge in [-0.05, 0) is 12.1 Å². The molecule has 1 aromatic heterocycles. The molecule has 0 radical (unpaired) electrons. The number of nitrogens with zero attached hydrogens (tertiary/aromatic N) is 1. The molecule has 0 unspecified atom stereocenters. The number of carbonyl (C=O) groups is 1. The third-order valence-corrected chi connectivity index (χ3v) is 1.76. The van der Waals surface area contributed by atoms with Gasteiger partial charge in [0.2, 0.25) is 0 Å². The summed E-state index contributed by atoms with van der Waals surface area (Å²) in [5.41, 5.74) is 6.57. The van der Waals surface area contributed by atoms with E-state index in [4.69, 9.17) is 15.9 Å². The van der Waals surface area contributed by atoms with Crippen LogP contribution in [0, 0.1) is 0 Å². The number of aromatic nitrogens is 1. The number of pyridine rings is 1. The summed E-state index contributed by atoms with van der Waals surface area (Å²) in [6.45, 7) is -0.173. The number of hydrogen-bond donors (Lipinski definition) is 3. The molecule has 1 heterocycles. The monoisotopic (exact) mass is 196 g/mol. The van der Waals surface area contributed by atoms with Crippen LogP contribution >= 0.6 is 0 Å². The Balaban J connectivity index is 2.78. The largest absolute Gasteiger partial charge is 0.481 e. The summed E-state index contributed by atoms with van der Waals surface area (Å²) in [5.74, 6) is -0.964. The molecule has 1 aromatic rings. The molecule has 0 spiro atoms. The zero-order chi connectivity index (χ0) is 10.6. The molecule has 5 nitrogen and oxygen atoms in total. The minimum absolute atomic E-state index is 0.165.